The van der Waals surface area contributed by atoms with E-state index in [1.165, 1.54) is 12.8 Å². The van der Waals surface area contributed by atoms with Crippen molar-refractivity contribution in [2.75, 3.05) is 25.1 Å². The number of hydrogen-bond acceptors (Lipinski definition) is 3. The molecule has 2 rings (SSSR count). The number of carbonyl (C=O) groups is 1. The molecule has 1 saturated carbocycles. The van der Waals surface area contributed by atoms with Crippen LogP contribution < -0.4 is 11.1 Å². The minimum atomic E-state index is 0.0105. The lowest BCUT2D eigenvalue weighted by molar-refractivity contribution is 0.0828. The summed E-state index contributed by atoms with van der Waals surface area (Å²) in [5, 5.41) is 3.53. The Morgan fingerprint density at radius 1 is 1.35 bits per heavy atom. The minimum Gasteiger partial charge on any atom is -0.399 e. The summed E-state index contributed by atoms with van der Waals surface area (Å²) in [4.78, 5) is 13.8. The third-order valence-corrected chi connectivity index (χ3v) is 3.98. The van der Waals surface area contributed by atoms with Crippen LogP contribution in [-0.2, 0) is 0 Å². The normalized spacial score (nSPS) is 22.4. The minimum absolute atomic E-state index is 0.0105. The second-order valence-electron chi connectivity index (χ2n) is 6.12. The molecule has 1 fully saturated rings. The van der Waals surface area contributed by atoms with E-state index in [1.807, 2.05) is 12.1 Å². The smallest absolute Gasteiger partial charge is 0.255 e. The maximum Gasteiger partial charge on any atom is 0.255 e. The van der Waals surface area contributed by atoms with Gasteiger partial charge in [-0.1, -0.05) is 19.8 Å². The maximum absolute atomic E-state index is 12.2. The second-order valence-corrected chi connectivity index (χ2v) is 6.12. The van der Waals surface area contributed by atoms with Gasteiger partial charge in [0.25, 0.3) is 5.91 Å². The molecule has 110 valence electrons. The number of benzene rings is 1. The Labute approximate surface area is 121 Å². The van der Waals surface area contributed by atoms with Crippen LogP contribution in [0.15, 0.2) is 18.2 Å². The van der Waals surface area contributed by atoms with Gasteiger partial charge < -0.3 is 16.0 Å². The Kier molecular flexibility index (Phi) is 4.53. The average molecular weight is 275 g/mol. The Balaban J connectivity index is 2.21. The van der Waals surface area contributed by atoms with E-state index in [-0.39, 0.29) is 5.91 Å². The molecule has 1 amide bonds. The van der Waals surface area contributed by atoms with Crippen LogP contribution in [0.25, 0.3) is 0 Å². The molecule has 0 aliphatic heterocycles. The standard InChI is InChI=1S/C16H25N3O/c1-11-5-4-6-13(9-11)18-15-10-12(17)7-8-14(15)16(20)19(2)3/h7-8,10-11,13,18H,4-6,9,17H2,1-3H3. The molecule has 1 aromatic carbocycles. The summed E-state index contributed by atoms with van der Waals surface area (Å²) in [6.07, 6.45) is 4.87. The highest BCUT2D eigenvalue weighted by molar-refractivity contribution is 6.00. The molecule has 1 aliphatic rings. The zero-order chi connectivity index (χ0) is 14.7. The van der Waals surface area contributed by atoms with Gasteiger partial charge in [-0.3, -0.25) is 4.79 Å². The van der Waals surface area contributed by atoms with E-state index >= 15 is 0 Å². The second kappa shape index (κ2) is 6.16. The zero-order valence-corrected chi connectivity index (χ0v) is 12.6. The fraction of sp³-hybridized carbons (Fsp3) is 0.562. The first-order valence-electron chi connectivity index (χ1n) is 7.35. The van der Waals surface area contributed by atoms with E-state index in [0.29, 0.717) is 17.3 Å². The first-order valence-corrected chi connectivity index (χ1v) is 7.35. The maximum atomic E-state index is 12.2. The van der Waals surface area contributed by atoms with E-state index in [2.05, 4.69) is 12.2 Å². The molecular formula is C16H25N3O. The van der Waals surface area contributed by atoms with Crippen molar-refractivity contribution in [1.82, 2.24) is 4.90 Å². The molecule has 1 aromatic rings. The summed E-state index contributed by atoms with van der Waals surface area (Å²) in [5.74, 6) is 0.756. The van der Waals surface area contributed by atoms with Crippen molar-refractivity contribution in [1.29, 1.82) is 0 Å². The predicted molar refractivity (Wildman–Crippen MR) is 83.9 cm³/mol. The molecule has 0 radical (unpaired) electrons. The van der Waals surface area contributed by atoms with Gasteiger partial charge in [0.15, 0.2) is 0 Å². The van der Waals surface area contributed by atoms with Gasteiger partial charge in [-0.05, 0) is 37.0 Å². The lowest BCUT2D eigenvalue weighted by Crippen LogP contribution is -2.29. The van der Waals surface area contributed by atoms with Gasteiger partial charge in [-0.2, -0.15) is 0 Å². The Hall–Kier alpha value is -1.71. The highest BCUT2D eigenvalue weighted by Crippen LogP contribution is 2.28. The molecule has 20 heavy (non-hydrogen) atoms. The predicted octanol–water partition coefficient (Wildman–Crippen LogP) is 2.96. The van der Waals surface area contributed by atoms with Gasteiger partial charge in [0.2, 0.25) is 0 Å². The van der Waals surface area contributed by atoms with Crippen molar-refractivity contribution in [3.63, 3.8) is 0 Å². The number of rotatable bonds is 3. The van der Waals surface area contributed by atoms with Crippen LogP contribution in [0.1, 0.15) is 43.0 Å². The lowest BCUT2D eigenvalue weighted by atomic mass is 9.87. The molecule has 0 heterocycles. The summed E-state index contributed by atoms with van der Waals surface area (Å²) in [5.41, 5.74) is 8.12. The van der Waals surface area contributed by atoms with Crippen molar-refractivity contribution >= 4 is 17.3 Å². The largest absolute Gasteiger partial charge is 0.399 e. The zero-order valence-electron chi connectivity index (χ0n) is 12.6. The Morgan fingerprint density at radius 3 is 2.75 bits per heavy atom. The van der Waals surface area contributed by atoms with E-state index in [0.717, 1.165) is 24.4 Å². The van der Waals surface area contributed by atoms with Crippen molar-refractivity contribution in [2.45, 2.75) is 38.6 Å². The molecule has 0 aromatic heterocycles. The number of nitrogen functional groups attached to an aromatic ring is 1. The summed E-state index contributed by atoms with van der Waals surface area (Å²) < 4.78 is 0. The number of amides is 1. The van der Waals surface area contributed by atoms with E-state index in [4.69, 9.17) is 5.73 Å². The summed E-state index contributed by atoms with van der Waals surface area (Å²) in [6.45, 7) is 2.29. The first kappa shape index (κ1) is 14.7. The fourth-order valence-corrected chi connectivity index (χ4v) is 2.89. The number of hydrogen-bond donors (Lipinski definition) is 2. The molecule has 0 spiro atoms. The van der Waals surface area contributed by atoms with Crippen molar-refractivity contribution < 1.29 is 4.79 Å². The summed E-state index contributed by atoms with van der Waals surface area (Å²) >= 11 is 0. The highest BCUT2D eigenvalue weighted by Gasteiger charge is 2.21. The van der Waals surface area contributed by atoms with Crippen LogP contribution >= 0.6 is 0 Å². The molecule has 3 N–H and O–H groups in total. The van der Waals surface area contributed by atoms with Crippen LogP contribution in [0.5, 0.6) is 0 Å². The van der Waals surface area contributed by atoms with Crippen LogP contribution in [0.2, 0.25) is 0 Å². The molecule has 4 nitrogen and oxygen atoms in total. The summed E-state index contributed by atoms with van der Waals surface area (Å²) in [6, 6.07) is 5.91. The van der Waals surface area contributed by atoms with Gasteiger partial charge in [0, 0.05) is 31.5 Å². The molecule has 0 bridgehead atoms. The highest BCUT2D eigenvalue weighted by atomic mass is 16.2. The van der Waals surface area contributed by atoms with Gasteiger partial charge >= 0.3 is 0 Å². The molecular weight excluding hydrogens is 250 g/mol. The molecule has 1 aliphatic carbocycles. The van der Waals surface area contributed by atoms with Crippen molar-refractivity contribution in [3.05, 3.63) is 23.8 Å². The first-order chi connectivity index (χ1) is 9.47. The third kappa shape index (κ3) is 3.44. The van der Waals surface area contributed by atoms with E-state index in [9.17, 15) is 4.79 Å². The third-order valence-electron chi connectivity index (χ3n) is 3.98. The van der Waals surface area contributed by atoms with Gasteiger partial charge in [-0.15, -0.1) is 0 Å². The SMILES string of the molecule is CC1CCCC(Nc2cc(N)ccc2C(=O)N(C)C)C1. The van der Waals surface area contributed by atoms with Crippen LogP contribution in [-0.4, -0.2) is 30.9 Å². The summed E-state index contributed by atoms with van der Waals surface area (Å²) in [7, 11) is 3.54. The Morgan fingerprint density at radius 2 is 2.10 bits per heavy atom. The van der Waals surface area contributed by atoms with Gasteiger partial charge in [0.1, 0.15) is 0 Å². The molecule has 2 unspecified atom stereocenters. The van der Waals surface area contributed by atoms with E-state index in [1.54, 1.807) is 25.1 Å². The van der Waals surface area contributed by atoms with Gasteiger partial charge in [0.05, 0.1) is 5.56 Å². The average Bonchev–Trinajstić information content (AvgIpc) is 2.38. The molecule has 0 saturated heterocycles. The Bertz CT molecular complexity index is 485. The topological polar surface area (TPSA) is 58.4 Å². The van der Waals surface area contributed by atoms with Gasteiger partial charge in [-0.25, -0.2) is 0 Å². The number of nitrogens with two attached hydrogens (primary N) is 1. The quantitative estimate of drug-likeness (QED) is 0.834. The fourth-order valence-electron chi connectivity index (χ4n) is 2.89. The number of anilines is 2. The number of carbonyl (C=O) groups excluding carboxylic acids is 1. The van der Waals surface area contributed by atoms with Crippen molar-refractivity contribution in [2.24, 2.45) is 5.92 Å². The number of nitrogens with one attached hydrogen (secondary N) is 1. The van der Waals surface area contributed by atoms with Crippen molar-refractivity contribution in [3.8, 4) is 0 Å². The van der Waals surface area contributed by atoms with Crippen LogP contribution in [0, 0.1) is 5.92 Å². The van der Waals surface area contributed by atoms with Crippen LogP contribution in [0.3, 0.4) is 0 Å². The monoisotopic (exact) mass is 275 g/mol. The van der Waals surface area contributed by atoms with Crippen LogP contribution in [0.4, 0.5) is 11.4 Å². The number of nitrogens with zero attached hydrogens (tertiary/aromatic N) is 1. The lowest BCUT2D eigenvalue weighted by Gasteiger charge is -2.29. The van der Waals surface area contributed by atoms with E-state index < -0.39 is 0 Å². The molecule has 4 heteroatoms. The molecule has 2 atom stereocenters.